The van der Waals surface area contributed by atoms with E-state index in [0.29, 0.717) is 10.2 Å². The average Bonchev–Trinajstić information content (AvgIpc) is 2.48. The topological polar surface area (TPSA) is 55.8 Å². The first-order valence-corrected chi connectivity index (χ1v) is 6.78. The first-order chi connectivity index (χ1) is 10.0. The SMILES string of the molecule is COc1cc(COc2ccc(F)c(Br)c2)ccc1C(=O)O. The van der Waals surface area contributed by atoms with Gasteiger partial charge in [-0.2, -0.15) is 0 Å². The van der Waals surface area contributed by atoms with E-state index in [1.165, 1.54) is 31.4 Å². The summed E-state index contributed by atoms with van der Waals surface area (Å²) in [7, 11) is 1.41. The van der Waals surface area contributed by atoms with Crippen LogP contribution in [0.5, 0.6) is 11.5 Å². The Balaban J connectivity index is 2.13. The Hall–Kier alpha value is -2.08. The molecule has 2 aromatic carbocycles. The first kappa shape index (κ1) is 15.3. The predicted molar refractivity (Wildman–Crippen MR) is 78.4 cm³/mol. The standard InChI is InChI=1S/C15H12BrFO4/c1-20-14-6-9(2-4-11(14)15(18)19)8-21-10-3-5-13(17)12(16)7-10/h2-7H,8H2,1H3,(H,18,19). The molecule has 0 saturated carbocycles. The van der Waals surface area contributed by atoms with Gasteiger partial charge in [0.05, 0.1) is 11.6 Å². The minimum absolute atomic E-state index is 0.0887. The molecule has 21 heavy (non-hydrogen) atoms. The Bertz CT molecular complexity index is 673. The molecule has 0 unspecified atom stereocenters. The molecule has 0 fully saturated rings. The van der Waals surface area contributed by atoms with Crippen LogP contribution >= 0.6 is 15.9 Å². The minimum atomic E-state index is -1.05. The normalized spacial score (nSPS) is 10.2. The quantitative estimate of drug-likeness (QED) is 0.885. The van der Waals surface area contributed by atoms with Gasteiger partial charge in [-0.05, 0) is 51.8 Å². The molecule has 0 aromatic heterocycles. The average molecular weight is 355 g/mol. The van der Waals surface area contributed by atoms with Gasteiger partial charge in [0.2, 0.25) is 0 Å². The number of halogens is 2. The molecule has 0 saturated heterocycles. The molecular formula is C15H12BrFO4. The van der Waals surface area contributed by atoms with Crippen LogP contribution in [0, 0.1) is 5.82 Å². The van der Waals surface area contributed by atoms with E-state index in [1.807, 2.05) is 0 Å². The Morgan fingerprint density at radius 2 is 2.05 bits per heavy atom. The van der Waals surface area contributed by atoms with E-state index in [1.54, 1.807) is 12.1 Å². The van der Waals surface area contributed by atoms with Gasteiger partial charge in [-0.15, -0.1) is 0 Å². The Labute approximate surface area is 129 Å². The van der Waals surface area contributed by atoms with Gasteiger partial charge in [0.1, 0.15) is 29.5 Å². The van der Waals surface area contributed by atoms with Crippen LogP contribution in [-0.2, 0) is 6.61 Å². The van der Waals surface area contributed by atoms with Gasteiger partial charge in [0, 0.05) is 0 Å². The molecule has 6 heteroatoms. The zero-order valence-electron chi connectivity index (χ0n) is 11.1. The number of hydrogen-bond acceptors (Lipinski definition) is 3. The summed E-state index contributed by atoms with van der Waals surface area (Å²) < 4.78 is 24.0. The summed E-state index contributed by atoms with van der Waals surface area (Å²) in [6, 6.07) is 9.04. The maximum atomic E-state index is 13.1. The summed E-state index contributed by atoms with van der Waals surface area (Å²) in [6.45, 7) is 0.217. The van der Waals surface area contributed by atoms with Crippen molar-refractivity contribution in [2.24, 2.45) is 0 Å². The second-order valence-corrected chi connectivity index (χ2v) is 5.06. The molecule has 2 rings (SSSR count). The van der Waals surface area contributed by atoms with Crippen molar-refractivity contribution < 1.29 is 23.8 Å². The molecule has 0 aliphatic rings. The highest BCUT2D eigenvalue weighted by atomic mass is 79.9. The number of carbonyl (C=O) groups is 1. The van der Waals surface area contributed by atoms with Crippen molar-refractivity contribution in [3.8, 4) is 11.5 Å². The van der Waals surface area contributed by atoms with Crippen LogP contribution < -0.4 is 9.47 Å². The maximum absolute atomic E-state index is 13.1. The molecule has 1 N–H and O–H groups in total. The highest BCUT2D eigenvalue weighted by Gasteiger charge is 2.11. The lowest BCUT2D eigenvalue weighted by Crippen LogP contribution is -2.02. The number of ether oxygens (including phenoxy) is 2. The van der Waals surface area contributed by atoms with Gasteiger partial charge < -0.3 is 14.6 Å². The van der Waals surface area contributed by atoms with Crippen LogP contribution in [0.15, 0.2) is 40.9 Å². The highest BCUT2D eigenvalue weighted by Crippen LogP contribution is 2.24. The number of carboxylic acid groups (broad SMARTS) is 1. The summed E-state index contributed by atoms with van der Waals surface area (Å²) in [5.74, 6) is -0.648. The van der Waals surface area contributed by atoms with Gasteiger partial charge in [-0.1, -0.05) is 6.07 Å². The Kier molecular flexibility index (Phi) is 4.80. The highest BCUT2D eigenvalue weighted by molar-refractivity contribution is 9.10. The second kappa shape index (κ2) is 6.58. The van der Waals surface area contributed by atoms with Gasteiger partial charge in [0.25, 0.3) is 0 Å². The molecule has 0 heterocycles. The molecule has 0 spiro atoms. The molecule has 0 bridgehead atoms. The molecule has 4 nitrogen and oxygen atoms in total. The third-order valence-corrected chi connectivity index (χ3v) is 3.40. The van der Waals surface area contributed by atoms with Crippen LogP contribution in [0.4, 0.5) is 4.39 Å². The molecule has 0 amide bonds. The van der Waals surface area contributed by atoms with E-state index < -0.39 is 5.97 Å². The zero-order valence-corrected chi connectivity index (χ0v) is 12.7. The summed E-state index contributed by atoms with van der Waals surface area (Å²) in [4.78, 5) is 11.0. The number of rotatable bonds is 5. The van der Waals surface area contributed by atoms with Crippen LogP contribution in [-0.4, -0.2) is 18.2 Å². The molecule has 0 radical (unpaired) electrons. The van der Waals surface area contributed by atoms with Crippen LogP contribution in [0.25, 0.3) is 0 Å². The summed E-state index contributed by atoms with van der Waals surface area (Å²) in [6.07, 6.45) is 0. The van der Waals surface area contributed by atoms with E-state index in [9.17, 15) is 9.18 Å². The van der Waals surface area contributed by atoms with Crippen LogP contribution in [0.1, 0.15) is 15.9 Å². The van der Waals surface area contributed by atoms with Crippen molar-refractivity contribution in [1.29, 1.82) is 0 Å². The number of hydrogen-bond donors (Lipinski definition) is 1. The van der Waals surface area contributed by atoms with Gasteiger partial charge in [0.15, 0.2) is 0 Å². The predicted octanol–water partition coefficient (Wildman–Crippen LogP) is 3.87. The summed E-state index contributed by atoms with van der Waals surface area (Å²) in [5.41, 5.74) is 0.836. The van der Waals surface area contributed by atoms with E-state index in [-0.39, 0.29) is 23.7 Å². The molecule has 0 atom stereocenters. The van der Waals surface area contributed by atoms with Crippen molar-refractivity contribution in [3.63, 3.8) is 0 Å². The van der Waals surface area contributed by atoms with Crippen molar-refractivity contribution in [1.82, 2.24) is 0 Å². The minimum Gasteiger partial charge on any atom is -0.496 e. The van der Waals surface area contributed by atoms with E-state index in [0.717, 1.165) is 5.56 Å². The second-order valence-electron chi connectivity index (χ2n) is 4.20. The fourth-order valence-electron chi connectivity index (χ4n) is 1.74. The molecule has 110 valence electrons. The Morgan fingerprint density at radius 1 is 1.29 bits per heavy atom. The van der Waals surface area contributed by atoms with E-state index >= 15 is 0 Å². The lowest BCUT2D eigenvalue weighted by atomic mass is 10.1. The van der Waals surface area contributed by atoms with Crippen molar-refractivity contribution in [2.75, 3.05) is 7.11 Å². The van der Waals surface area contributed by atoms with E-state index in [4.69, 9.17) is 14.6 Å². The summed E-state index contributed by atoms with van der Waals surface area (Å²) in [5, 5.41) is 9.00. The monoisotopic (exact) mass is 354 g/mol. The molecular weight excluding hydrogens is 343 g/mol. The largest absolute Gasteiger partial charge is 0.496 e. The summed E-state index contributed by atoms with van der Waals surface area (Å²) >= 11 is 3.08. The van der Waals surface area contributed by atoms with Gasteiger partial charge >= 0.3 is 5.97 Å². The molecule has 0 aliphatic heterocycles. The molecule has 0 aliphatic carbocycles. The number of carboxylic acids is 1. The lowest BCUT2D eigenvalue weighted by Gasteiger charge is -2.10. The third-order valence-electron chi connectivity index (χ3n) is 2.79. The molecule has 2 aromatic rings. The van der Waals surface area contributed by atoms with E-state index in [2.05, 4.69) is 15.9 Å². The fraction of sp³-hybridized carbons (Fsp3) is 0.133. The number of methoxy groups -OCH3 is 1. The lowest BCUT2D eigenvalue weighted by molar-refractivity contribution is 0.0693. The van der Waals surface area contributed by atoms with Crippen molar-refractivity contribution >= 4 is 21.9 Å². The number of aromatic carboxylic acids is 1. The smallest absolute Gasteiger partial charge is 0.339 e. The van der Waals surface area contributed by atoms with Crippen molar-refractivity contribution in [3.05, 3.63) is 57.8 Å². The van der Waals surface area contributed by atoms with Crippen LogP contribution in [0.3, 0.4) is 0 Å². The first-order valence-electron chi connectivity index (χ1n) is 5.99. The number of benzene rings is 2. The van der Waals surface area contributed by atoms with Crippen molar-refractivity contribution in [2.45, 2.75) is 6.61 Å². The zero-order chi connectivity index (χ0) is 15.4. The maximum Gasteiger partial charge on any atom is 0.339 e. The Morgan fingerprint density at radius 3 is 2.67 bits per heavy atom. The fourth-order valence-corrected chi connectivity index (χ4v) is 2.09. The van der Waals surface area contributed by atoms with Crippen LogP contribution in [0.2, 0.25) is 0 Å². The van der Waals surface area contributed by atoms with Gasteiger partial charge in [-0.3, -0.25) is 0 Å². The third kappa shape index (κ3) is 3.72. The van der Waals surface area contributed by atoms with Gasteiger partial charge in [-0.25, -0.2) is 9.18 Å².